The van der Waals surface area contributed by atoms with E-state index in [1.165, 1.54) is 6.33 Å². The molecule has 0 atom stereocenters. The molecule has 0 spiro atoms. The molecular weight excluding hydrogens is 244 g/mol. The van der Waals surface area contributed by atoms with Crippen molar-refractivity contribution < 1.29 is 0 Å². The predicted octanol–water partition coefficient (Wildman–Crippen LogP) is 1.88. The number of aromatic nitrogens is 3. The minimum atomic E-state index is 0.654. The van der Waals surface area contributed by atoms with Crippen molar-refractivity contribution in [1.82, 2.24) is 15.0 Å². The molecule has 0 saturated carbocycles. The van der Waals surface area contributed by atoms with Gasteiger partial charge in [-0.05, 0) is 22.0 Å². The lowest BCUT2D eigenvalue weighted by molar-refractivity contribution is 1.17. The molecule has 2 aromatic heterocycles. The summed E-state index contributed by atoms with van der Waals surface area (Å²) in [6, 6.07) is 1.75. The first kappa shape index (κ1) is 9.08. The van der Waals surface area contributed by atoms with E-state index in [0.29, 0.717) is 5.69 Å². The summed E-state index contributed by atoms with van der Waals surface area (Å²) in [6.07, 6.45) is 6.58. The molecule has 0 aliphatic heterocycles. The monoisotopic (exact) mass is 250 g/mol. The topological polar surface area (TPSA) is 64.7 Å². The molecule has 0 aliphatic carbocycles. The highest BCUT2D eigenvalue weighted by Crippen LogP contribution is 2.25. The van der Waals surface area contributed by atoms with Crippen LogP contribution in [0, 0.1) is 0 Å². The lowest BCUT2D eigenvalue weighted by Crippen LogP contribution is -1.92. The van der Waals surface area contributed by atoms with E-state index in [2.05, 4.69) is 30.9 Å². The van der Waals surface area contributed by atoms with Crippen LogP contribution in [0.15, 0.2) is 35.6 Å². The molecule has 0 fully saturated rings. The fraction of sp³-hybridized carbons (Fsp3) is 0. The minimum Gasteiger partial charge on any atom is -0.398 e. The smallest absolute Gasteiger partial charge is 0.115 e. The van der Waals surface area contributed by atoms with E-state index < -0.39 is 0 Å². The van der Waals surface area contributed by atoms with Gasteiger partial charge in [0.2, 0.25) is 0 Å². The van der Waals surface area contributed by atoms with E-state index in [-0.39, 0.29) is 0 Å². The van der Waals surface area contributed by atoms with Crippen LogP contribution in [-0.4, -0.2) is 15.0 Å². The third kappa shape index (κ3) is 1.72. The summed E-state index contributed by atoms with van der Waals surface area (Å²) < 4.78 is 0.718. The molecule has 0 aliphatic rings. The molecule has 2 rings (SSSR count). The van der Waals surface area contributed by atoms with Crippen LogP contribution in [0.25, 0.3) is 11.1 Å². The first-order valence-corrected chi connectivity index (χ1v) is 4.73. The van der Waals surface area contributed by atoms with Crippen LogP contribution in [0.3, 0.4) is 0 Å². The maximum Gasteiger partial charge on any atom is 0.115 e. The van der Waals surface area contributed by atoms with Crippen LogP contribution in [0.2, 0.25) is 0 Å². The Balaban J connectivity index is 2.53. The van der Waals surface area contributed by atoms with Gasteiger partial charge in [0, 0.05) is 35.4 Å². The van der Waals surface area contributed by atoms with Crippen LogP contribution in [0.1, 0.15) is 0 Å². The number of nitrogens with two attached hydrogens (primary N) is 1. The summed E-state index contributed by atoms with van der Waals surface area (Å²) >= 11 is 3.25. The third-order valence-electron chi connectivity index (χ3n) is 1.77. The second-order valence-corrected chi connectivity index (χ2v) is 3.53. The van der Waals surface area contributed by atoms with Crippen LogP contribution in [-0.2, 0) is 0 Å². The van der Waals surface area contributed by atoms with Gasteiger partial charge in [-0.3, -0.25) is 0 Å². The Bertz CT molecular complexity index is 444. The Morgan fingerprint density at radius 1 is 1.14 bits per heavy atom. The zero-order valence-electron chi connectivity index (χ0n) is 7.18. The number of nitrogens with zero attached hydrogens (tertiary/aromatic N) is 3. The van der Waals surface area contributed by atoms with Gasteiger partial charge in [-0.25, -0.2) is 15.0 Å². The summed E-state index contributed by atoms with van der Waals surface area (Å²) in [6.45, 7) is 0. The Labute approximate surface area is 89.4 Å². The lowest BCUT2D eigenvalue weighted by Gasteiger charge is -2.03. The van der Waals surface area contributed by atoms with E-state index in [0.717, 1.165) is 15.7 Å². The molecule has 14 heavy (non-hydrogen) atoms. The van der Waals surface area contributed by atoms with Crippen molar-refractivity contribution in [3.05, 3.63) is 35.6 Å². The van der Waals surface area contributed by atoms with Gasteiger partial charge in [-0.15, -0.1) is 0 Å². The lowest BCUT2D eigenvalue weighted by atomic mass is 10.1. The number of hydrogen-bond acceptors (Lipinski definition) is 4. The van der Waals surface area contributed by atoms with Crippen molar-refractivity contribution in [2.75, 3.05) is 5.73 Å². The van der Waals surface area contributed by atoms with E-state index in [1.807, 2.05) is 0 Å². The fourth-order valence-electron chi connectivity index (χ4n) is 1.12. The molecule has 0 saturated heterocycles. The predicted molar refractivity (Wildman–Crippen MR) is 57.4 cm³/mol. The molecule has 2 heterocycles. The van der Waals surface area contributed by atoms with Crippen LogP contribution >= 0.6 is 15.9 Å². The summed E-state index contributed by atoms with van der Waals surface area (Å²) in [7, 11) is 0. The van der Waals surface area contributed by atoms with Gasteiger partial charge in [-0.2, -0.15) is 0 Å². The standard InChI is InChI=1S/C9H7BrN4/c10-9-1-8(11)7(4-14-9)6-2-12-5-13-3-6/h1-5H,(H2,11,14). The summed E-state index contributed by atoms with van der Waals surface area (Å²) in [4.78, 5) is 11.9. The number of rotatable bonds is 1. The Morgan fingerprint density at radius 3 is 2.50 bits per heavy atom. The average Bonchev–Trinajstić information content (AvgIpc) is 2.19. The number of anilines is 1. The largest absolute Gasteiger partial charge is 0.398 e. The van der Waals surface area contributed by atoms with Gasteiger partial charge >= 0.3 is 0 Å². The molecular formula is C9H7BrN4. The Kier molecular flexibility index (Phi) is 2.41. The maximum atomic E-state index is 5.83. The third-order valence-corrected chi connectivity index (χ3v) is 2.21. The number of hydrogen-bond donors (Lipinski definition) is 1. The van der Waals surface area contributed by atoms with Crippen molar-refractivity contribution in [2.24, 2.45) is 0 Å². The number of pyridine rings is 1. The molecule has 2 N–H and O–H groups in total. The Morgan fingerprint density at radius 2 is 1.86 bits per heavy atom. The first-order chi connectivity index (χ1) is 6.77. The zero-order chi connectivity index (χ0) is 9.97. The van der Waals surface area contributed by atoms with Crippen molar-refractivity contribution in [3.63, 3.8) is 0 Å². The molecule has 5 heteroatoms. The van der Waals surface area contributed by atoms with Crippen molar-refractivity contribution >= 4 is 21.6 Å². The van der Waals surface area contributed by atoms with Crippen molar-refractivity contribution in [3.8, 4) is 11.1 Å². The highest BCUT2D eigenvalue weighted by atomic mass is 79.9. The van der Waals surface area contributed by atoms with E-state index in [1.54, 1.807) is 24.7 Å². The molecule has 4 nitrogen and oxygen atoms in total. The van der Waals surface area contributed by atoms with E-state index in [4.69, 9.17) is 5.73 Å². The Hall–Kier alpha value is -1.49. The van der Waals surface area contributed by atoms with E-state index in [9.17, 15) is 0 Å². The van der Waals surface area contributed by atoms with Crippen LogP contribution in [0.4, 0.5) is 5.69 Å². The van der Waals surface area contributed by atoms with Gasteiger partial charge in [0.05, 0.1) is 0 Å². The minimum absolute atomic E-state index is 0.654. The summed E-state index contributed by atoms with van der Waals surface area (Å²) in [5, 5.41) is 0. The molecule has 70 valence electrons. The second kappa shape index (κ2) is 3.71. The average molecular weight is 251 g/mol. The zero-order valence-corrected chi connectivity index (χ0v) is 8.77. The van der Waals surface area contributed by atoms with Crippen molar-refractivity contribution in [1.29, 1.82) is 0 Å². The normalized spacial score (nSPS) is 10.1. The molecule has 0 unspecified atom stereocenters. The van der Waals surface area contributed by atoms with Gasteiger partial charge < -0.3 is 5.73 Å². The summed E-state index contributed by atoms with van der Waals surface area (Å²) in [5.41, 5.74) is 8.19. The van der Waals surface area contributed by atoms with Crippen LogP contribution in [0.5, 0.6) is 0 Å². The molecule has 2 aromatic rings. The highest BCUT2D eigenvalue weighted by Gasteiger charge is 2.03. The van der Waals surface area contributed by atoms with Gasteiger partial charge in [-0.1, -0.05) is 0 Å². The SMILES string of the molecule is Nc1cc(Br)ncc1-c1cncnc1. The highest BCUT2D eigenvalue weighted by molar-refractivity contribution is 9.10. The number of nitrogen functional groups attached to an aromatic ring is 1. The molecule has 0 bridgehead atoms. The summed E-state index contributed by atoms with van der Waals surface area (Å²) in [5.74, 6) is 0. The number of halogens is 1. The molecule has 0 radical (unpaired) electrons. The fourth-order valence-corrected chi connectivity index (χ4v) is 1.47. The van der Waals surface area contributed by atoms with Gasteiger partial charge in [0.1, 0.15) is 10.9 Å². The maximum absolute atomic E-state index is 5.83. The van der Waals surface area contributed by atoms with Gasteiger partial charge in [0.25, 0.3) is 0 Å². The van der Waals surface area contributed by atoms with Crippen molar-refractivity contribution in [2.45, 2.75) is 0 Å². The van der Waals surface area contributed by atoms with E-state index >= 15 is 0 Å². The molecule has 0 amide bonds. The second-order valence-electron chi connectivity index (χ2n) is 2.72. The van der Waals surface area contributed by atoms with Gasteiger partial charge in [0.15, 0.2) is 0 Å². The molecule has 0 aromatic carbocycles. The van der Waals surface area contributed by atoms with Crippen LogP contribution < -0.4 is 5.73 Å². The quantitative estimate of drug-likeness (QED) is 0.786. The first-order valence-electron chi connectivity index (χ1n) is 3.94.